The number of hydrogen-bond acceptors (Lipinski definition) is 5. The Kier molecular flexibility index (Phi) is 5.90. The van der Waals surface area contributed by atoms with E-state index in [0.29, 0.717) is 0 Å². The lowest BCUT2D eigenvalue weighted by atomic mass is 9.97. The van der Waals surface area contributed by atoms with Crippen LogP contribution in [-0.4, -0.2) is 45.5 Å². The van der Waals surface area contributed by atoms with Gasteiger partial charge in [-0.25, -0.2) is 23.5 Å². The smallest absolute Gasteiger partial charge is 0.282 e. The molecule has 13 heteroatoms. The van der Waals surface area contributed by atoms with Crippen LogP contribution in [0.5, 0.6) is 0 Å². The van der Waals surface area contributed by atoms with Crippen molar-refractivity contribution in [3.63, 3.8) is 0 Å². The number of benzene rings is 2. The zero-order chi connectivity index (χ0) is 24.9. The molecule has 0 aliphatic carbocycles. The lowest BCUT2D eigenvalue weighted by Crippen LogP contribution is -2.36. The molecule has 1 aliphatic heterocycles. The van der Waals surface area contributed by atoms with E-state index in [4.69, 9.17) is 11.6 Å². The van der Waals surface area contributed by atoms with Gasteiger partial charge in [0.1, 0.15) is 17.7 Å². The van der Waals surface area contributed by atoms with E-state index < -0.39 is 57.2 Å². The van der Waals surface area contributed by atoms with Crippen molar-refractivity contribution in [1.29, 1.82) is 0 Å². The second kappa shape index (κ2) is 8.44. The number of aliphatic imine (C=N–C) groups is 1. The summed E-state index contributed by atoms with van der Waals surface area (Å²) < 4.78 is 71.5. The molecule has 0 spiro atoms. The number of rotatable bonds is 3. The standard InChI is InChI=1S/C21H16ClF5N6O/c1-9-19-29-18(20(34)31-32(2)3)30-33(19)13-8-7-10(21(25,26)27)16(22)15(13)17(28-9)14-11(23)5-4-6-12(14)24/h4-9H,1-3H3,(H,31,34)/t9-/m0/s1. The van der Waals surface area contributed by atoms with E-state index in [1.165, 1.54) is 11.9 Å². The van der Waals surface area contributed by atoms with Gasteiger partial charge in [0.25, 0.3) is 0 Å². The number of halogens is 6. The summed E-state index contributed by atoms with van der Waals surface area (Å²) in [5.41, 5.74) is -0.306. The summed E-state index contributed by atoms with van der Waals surface area (Å²) in [4.78, 5) is 20.9. The van der Waals surface area contributed by atoms with Crippen molar-refractivity contribution in [2.24, 2.45) is 4.99 Å². The molecular weight excluding hydrogens is 483 g/mol. The Bertz CT molecular complexity index is 1310. The van der Waals surface area contributed by atoms with Crippen LogP contribution in [0.2, 0.25) is 5.02 Å². The molecule has 0 radical (unpaired) electrons. The third-order valence-electron chi connectivity index (χ3n) is 4.95. The van der Waals surface area contributed by atoms with Gasteiger partial charge in [-0.1, -0.05) is 17.7 Å². The van der Waals surface area contributed by atoms with Gasteiger partial charge in [0.2, 0.25) is 5.82 Å². The number of nitrogens with zero attached hydrogens (tertiary/aromatic N) is 5. The van der Waals surface area contributed by atoms with E-state index in [1.807, 2.05) is 0 Å². The maximum Gasteiger partial charge on any atom is 0.417 e. The number of hydrazine groups is 1. The van der Waals surface area contributed by atoms with E-state index in [9.17, 15) is 26.7 Å². The number of alkyl halides is 3. The fourth-order valence-corrected chi connectivity index (χ4v) is 3.89. The van der Waals surface area contributed by atoms with Gasteiger partial charge in [0.15, 0.2) is 5.82 Å². The number of carbonyl (C=O) groups excluding carboxylic acids is 1. The summed E-state index contributed by atoms with van der Waals surface area (Å²) in [5.74, 6) is -2.98. The number of hydrogen-bond donors (Lipinski definition) is 1. The molecule has 1 aromatic heterocycles. The van der Waals surface area contributed by atoms with Crippen LogP contribution < -0.4 is 5.43 Å². The van der Waals surface area contributed by atoms with Gasteiger partial charge in [-0.3, -0.25) is 15.2 Å². The molecular formula is C21H16ClF5N6O. The van der Waals surface area contributed by atoms with E-state index >= 15 is 0 Å². The molecule has 1 amide bonds. The fourth-order valence-electron chi connectivity index (χ4n) is 3.54. The molecule has 4 rings (SSSR count). The molecule has 1 aliphatic rings. The Hall–Kier alpha value is -3.38. The minimum Gasteiger partial charge on any atom is -0.282 e. The fraction of sp³-hybridized carbons (Fsp3) is 0.238. The molecule has 178 valence electrons. The molecule has 34 heavy (non-hydrogen) atoms. The Balaban J connectivity index is 2.05. The van der Waals surface area contributed by atoms with Crippen molar-refractivity contribution in [3.8, 4) is 5.69 Å². The maximum atomic E-state index is 14.7. The summed E-state index contributed by atoms with van der Waals surface area (Å²) in [7, 11) is 3.13. The van der Waals surface area contributed by atoms with Crippen LogP contribution in [0.15, 0.2) is 35.3 Å². The molecule has 0 saturated heterocycles. The van der Waals surface area contributed by atoms with Crippen LogP contribution in [0.1, 0.15) is 46.1 Å². The summed E-state index contributed by atoms with van der Waals surface area (Å²) in [6, 6.07) is 3.84. The van der Waals surface area contributed by atoms with E-state index in [1.54, 1.807) is 14.1 Å². The SMILES string of the molecule is C[C@@H]1N=C(c2c(F)cccc2F)c2c(ccc(C(F)(F)F)c2Cl)-n2nc(C(=O)NN(C)C)nc21. The van der Waals surface area contributed by atoms with Crippen LogP contribution in [0, 0.1) is 11.6 Å². The first-order chi connectivity index (χ1) is 15.9. The van der Waals surface area contributed by atoms with E-state index in [2.05, 4.69) is 20.5 Å². The van der Waals surface area contributed by atoms with Crippen molar-refractivity contribution in [2.45, 2.75) is 19.1 Å². The number of amides is 1. The average Bonchev–Trinajstić information content (AvgIpc) is 3.12. The third-order valence-corrected chi connectivity index (χ3v) is 5.34. The average molecular weight is 499 g/mol. The topological polar surface area (TPSA) is 75.4 Å². The van der Waals surface area contributed by atoms with E-state index in [-0.39, 0.29) is 17.3 Å². The Morgan fingerprint density at radius 2 is 1.76 bits per heavy atom. The highest BCUT2D eigenvalue weighted by Gasteiger charge is 2.38. The van der Waals surface area contributed by atoms with Gasteiger partial charge in [-0.05, 0) is 31.2 Å². The van der Waals surface area contributed by atoms with Crippen molar-refractivity contribution >= 4 is 23.2 Å². The molecule has 2 heterocycles. The summed E-state index contributed by atoms with van der Waals surface area (Å²) in [6.45, 7) is 1.50. The number of fused-ring (bicyclic) bond motifs is 3. The van der Waals surface area contributed by atoms with Crippen LogP contribution in [0.3, 0.4) is 0 Å². The molecule has 1 atom stereocenters. The summed E-state index contributed by atoms with van der Waals surface area (Å²) in [5, 5.41) is 4.67. The number of aromatic nitrogens is 3. The Morgan fingerprint density at radius 1 is 1.12 bits per heavy atom. The second-order valence-electron chi connectivity index (χ2n) is 7.61. The van der Waals surface area contributed by atoms with Crippen LogP contribution >= 0.6 is 11.6 Å². The van der Waals surface area contributed by atoms with Crippen molar-refractivity contribution in [2.75, 3.05) is 14.1 Å². The third kappa shape index (κ3) is 4.03. The highest BCUT2D eigenvalue weighted by molar-refractivity contribution is 6.37. The lowest BCUT2D eigenvalue weighted by Gasteiger charge is -2.17. The molecule has 0 unspecified atom stereocenters. The maximum absolute atomic E-state index is 14.7. The predicted molar refractivity (Wildman–Crippen MR) is 113 cm³/mol. The number of carbonyl (C=O) groups is 1. The first-order valence-electron chi connectivity index (χ1n) is 9.78. The highest BCUT2D eigenvalue weighted by Crippen LogP contribution is 2.41. The zero-order valence-corrected chi connectivity index (χ0v) is 18.6. The van der Waals surface area contributed by atoms with Crippen molar-refractivity contribution in [1.82, 2.24) is 25.2 Å². The van der Waals surface area contributed by atoms with Gasteiger partial charge >= 0.3 is 12.1 Å². The molecule has 2 aromatic carbocycles. The Morgan fingerprint density at radius 3 is 2.35 bits per heavy atom. The highest BCUT2D eigenvalue weighted by atomic mass is 35.5. The molecule has 0 bridgehead atoms. The molecule has 7 nitrogen and oxygen atoms in total. The molecule has 0 fully saturated rings. The quantitative estimate of drug-likeness (QED) is 0.431. The lowest BCUT2D eigenvalue weighted by molar-refractivity contribution is -0.137. The van der Waals surface area contributed by atoms with E-state index in [0.717, 1.165) is 35.0 Å². The largest absolute Gasteiger partial charge is 0.417 e. The first-order valence-corrected chi connectivity index (χ1v) is 10.2. The van der Waals surface area contributed by atoms with Crippen LogP contribution in [0.25, 0.3) is 5.69 Å². The minimum atomic E-state index is -4.86. The van der Waals surface area contributed by atoms with Gasteiger partial charge in [0, 0.05) is 19.7 Å². The monoisotopic (exact) mass is 498 g/mol. The normalized spacial score (nSPS) is 15.5. The predicted octanol–water partition coefficient (Wildman–Crippen LogP) is 4.34. The molecule has 3 aromatic rings. The van der Waals surface area contributed by atoms with Crippen molar-refractivity contribution in [3.05, 3.63) is 75.3 Å². The second-order valence-corrected chi connectivity index (χ2v) is 7.99. The minimum absolute atomic E-state index is 0.0627. The van der Waals surface area contributed by atoms with Gasteiger partial charge in [0.05, 0.1) is 27.5 Å². The van der Waals surface area contributed by atoms with Gasteiger partial charge < -0.3 is 0 Å². The number of nitrogens with one attached hydrogen (secondary N) is 1. The van der Waals surface area contributed by atoms with Gasteiger partial charge in [-0.15, -0.1) is 5.10 Å². The Labute approximate surface area is 194 Å². The summed E-state index contributed by atoms with van der Waals surface area (Å²) in [6.07, 6.45) is -4.86. The van der Waals surface area contributed by atoms with Crippen molar-refractivity contribution < 1.29 is 26.7 Å². The van der Waals surface area contributed by atoms with Crippen LogP contribution in [0.4, 0.5) is 22.0 Å². The molecule has 1 N–H and O–H groups in total. The van der Waals surface area contributed by atoms with Crippen LogP contribution in [-0.2, 0) is 6.18 Å². The zero-order valence-electron chi connectivity index (χ0n) is 17.9. The van der Waals surface area contributed by atoms with Gasteiger partial charge in [-0.2, -0.15) is 13.2 Å². The first kappa shape index (κ1) is 23.8. The molecule has 0 saturated carbocycles. The summed E-state index contributed by atoms with van der Waals surface area (Å²) >= 11 is 6.19.